The predicted octanol–water partition coefficient (Wildman–Crippen LogP) is 0.793. The highest BCUT2D eigenvalue weighted by atomic mass is 32.3. The first kappa shape index (κ1) is 25.6. The molecular weight excluding hydrogens is 414 g/mol. The first-order valence-corrected chi connectivity index (χ1v) is 11.6. The van der Waals surface area contributed by atoms with E-state index in [0.717, 1.165) is 43.9 Å². The van der Waals surface area contributed by atoms with Crippen LogP contribution in [0.15, 0.2) is 5.16 Å². The number of aliphatic hydroxyl groups excluding tert-OH is 4. The lowest BCUT2D eigenvalue weighted by Crippen LogP contribution is -2.57. The molecule has 0 radical (unpaired) electrons. The molecule has 0 aromatic carbocycles. The monoisotopic (exact) mass is 445 g/mol. The van der Waals surface area contributed by atoms with Crippen LogP contribution in [-0.4, -0.2) is 74.9 Å². The van der Waals surface area contributed by atoms with Gasteiger partial charge in [-0.25, -0.2) is 4.28 Å². The Bertz CT molecular complexity index is 570. The highest BCUT2D eigenvalue weighted by Crippen LogP contribution is 2.30. The van der Waals surface area contributed by atoms with Gasteiger partial charge in [0.25, 0.3) is 0 Å². The van der Waals surface area contributed by atoms with E-state index < -0.39 is 46.9 Å². The Hall–Kier alpha value is -0.470. The van der Waals surface area contributed by atoms with Crippen LogP contribution in [0.1, 0.15) is 58.3 Å². The van der Waals surface area contributed by atoms with Crippen LogP contribution >= 0.6 is 11.8 Å². The molecule has 1 rings (SSSR count). The minimum Gasteiger partial charge on any atom is -0.394 e. The average Bonchev–Trinajstić information content (AvgIpc) is 2.64. The molecule has 1 heterocycles. The van der Waals surface area contributed by atoms with Gasteiger partial charge in [-0.05, 0) is 12.8 Å². The summed E-state index contributed by atoms with van der Waals surface area (Å²) in [7, 11) is -4.79. The van der Waals surface area contributed by atoms with E-state index in [4.69, 9.17) is 9.29 Å². The Balaban J connectivity index is 2.66. The summed E-state index contributed by atoms with van der Waals surface area (Å²) in [5, 5.41) is 42.5. The summed E-state index contributed by atoms with van der Waals surface area (Å²) in [6, 6.07) is 0. The minimum atomic E-state index is -4.79. The van der Waals surface area contributed by atoms with Gasteiger partial charge >= 0.3 is 10.4 Å². The van der Waals surface area contributed by atoms with E-state index in [1.807, 2.05) is 0 Å². The highest BCUT2D eigenvalue weighted by molar-refractivity contribution is 8.14. The van der Waals surface area contributed by atoms with Gasteiger partial charge in [0.05, 0.1) is 6.61 Å². The minimum absolute atomic E-state index is 0.135. The SMILES string of the molecule is CCCCCCCCC/C(=N/OS(=O)(=O)O)S[C@@H]1O[C@H](CO)[C@@H](O)[C@H](O)[C@H]1O. The van der Waals surface area contributed by atoms with Crippen LogP contribution in [0.4, 0.5) is 0 Å². The normalized spacial score (nSPS) is 29.1. The topological polar surface area (TPSA) is 166 Å². The number of ether oxygens (including phenoxy) is 1. The van der Waals surface area contributed by atoms with Gasteiger partial charge in [-0.1, -0.05) is 62.4 Å². The molecule has 10 nitrogen and oxygen atoms in total. The van der Waals surface area contributed by atoms with Gasteiger partial charge in [-0.3, -0.25) is 4.55 Å². The molecule has 1 aliphatic heterocycles. The zero-order valence-corrected chi connectivity index (χ0v) is 17.5. The van der Waals surface area contributed by atoms with E-state index in [0.29, 0.717) is 12.8 Å². The van der Waals surface area contributed by atoms with Crippen LogP contribution < -0.4 is 0 Å². The second-order valence-electron chi connectivity index (χ2n) is 6.67. The molecule has 0 unspecified atom stereocenters. The van der Waals surface area contributed by atoms with Crippen molar-refractivity contribution >= 4 is 27.2 Å². The number of thioether (sulfide) groups is 1. The average molecular weight is 446 g/mol. The fourth-order valence-corrected chi connectivity index (χ4v) is 4.09. The van der Waals surface area contributed by atoms with Gasteiger partial charge in [0, 0.05) is 0 Å². The smallest absolute Gasteiger partial charge is 0.394 e. The zero-order valence-electron chi connectivity index (χ0n) is 15.9. The first-order chi connectivity index (χ1) is 13.2. The third-order valence-electron chi connectivity index (χ3n) is 4.33. The fraction of sp³-hybridized carbons (Fsp3) is 0.938. The lowest BCUT2D eigenvalue weighted by Gasteiger charge is -2.39. The molecule has 5 N–H and O–H groups in total. The van der Waals surface area contributed by atoms with Crippen LogP contribution in [-0.2, 0) is 19.4 Å². The molecule has 0 spiro atoms. The quantitative estimate of drug-likeness (QED) is 0.0953. The Morgan fingerprint density at radius 2 is 1.64 bits per heavy atom. The first-order valence-electron chi connectivity index (χ1n) is 9.39. The van der Waals surface area contributed by atoms with E-state index in [9.17, 15) is 28.8 Å². The molecule has 0 saturated carbocycles. The molecule has 5 atom stereocenters. The Labute approximate surface area is 169 Å². The van der Waals surface area contributed by atoms with Crippen LogP contribution in [0.5, 0.6) is 0 Å². The van der Waals surface area contributed by atoms with Crippen molar-refractivity contribution in [1.29, 1.82) is 0 Å². The summed E-state index contributed by atoms with van der Waals surface area (Å²) in [6.45, 7) is 1.56. The third-order valence-corrected chi connectivity index (χ3v) is 5.76. The van der Waals surface area contributed by atoms with Crippen LogP contribution in [0, 0.1) is 0 Å². The standard InChI is InChI=1S/C16H31NO9S2/c1-2-3-4-5-6-7-8-9-12(17-26-28(22,23)24)27-16-15(21)14(20)13(19)11(10-18)25-16/h11,13-16,18-21H,2-10H2,1H3,(H,22,23,24)/b17-12-/t11-,13-,14+,15-,16+/m1/s1. The predicted molar refractivity (Wildman–Crippen MR) is 104 cm³/mol. The highest BCUT2D eigenvalue weighted by Gasteiger charge is 2.44. The van der Waals surface area contributed by atoms with Crippen molar-refractivity contribution in [2.24, 2.45) is 5.16 Å². The van der Waals surface area contributed by atoms with Crippen LogP contribution in [0.3, 0.4) is 0 Å². The summed E-state index contributed by atoms with van der Waals surface area (Å²) < 4.78 is 39.8. The molecule has 0 aromatic heterocycles. The van der Waals surface area contributed by atoms with Crippen LogP contribution in [0.25, 0.3) is 0 Å². The number of oxime groups is 1. The van der Waals surface area contributed by atoms with Gasteiger partial charge in [-0.15, -0.1) is 0 Å². The Morgan fingerprint density at radius 3 is 2.21 bits per heavy atom. The number of aliphatic hydroxyl groups is 4. The van der Waals surface area contributed by atoms with Crippen molar-refractivity contribution in [3.63, 3.8) is 0 Å². The second-order valence-corrected chi connectivity index (χ2v) is 8.85. The van der Waals surface area contributed by atoms with Crippen molar-refractivity contribution in [1.82, 2.24) is 0 Å². The summed E-state index contributed by atoms with van der Waals surface area (Å²) in [4.78, 5) is 0. The Kier molecular flexibility index (Phi) is 11.8. The van der Waals surface area contributed by atoms with E-state index >= 15 is 0 Å². The molecule has 0 bridgehead atoms. The van der Waals surface area contributed by atoms with Crippen LogP contribution in [0.2, 0.25) is 0 Å². The Morgan fingerprint density at radius 1 is 1.04 bits per heavy atom. The van der Waals surface area contributed by atoms with Gasteiger partial charge < -0.3 is 25.2 Å². The maximum atomic E-state index is 10.8. The zero-order chi connectivity index (χ0) is 21.2. The fourth-order valence-electron chi connectivity index (χ4n) is 2.75. The van der Waals surface area contributed by atoms with E-state index in [-0.39, 0.29) is 5.04 Å². The third kappa shape index (κ3) is 9.35. The maximum absolute atomic E-state index is 10.8. The molecule has 12 heteroatoms. The number of unbranched alkanes of at least 4 members (excludes halogenated alkanes) is 6. The van der Waals surface area contributed by atoms with E-state index in [1.54, 1.807) is 0 Å². The number of rotatable bonds is 12. The number of hydrogen-bond acceptors (Lipinski definition) is 10. The van der Waals surface area contributed by atoms with Gasteiger partial charge in [0.15, 0.2) is 0 Å². The van der Waals surface area contributed by atoms with E-state index in [1.165, 1.54) is 6.42 Å². The van der Waals surface area contributed by atoms with E-state index in [2.05, 4.69) is 16.4 Å². The van der Waals surface area contributed by atoms with Gasteiger partial charge in [-0.2, -0.15) is 8.42 Å². The molecule has 1 aliphatic rings. The molecular formula is C16H31NO9S2. The molecule has 1 saturated heterocycles. The second kappa shape index (κ2) is 13.0. The largest absolute Gasteiger partial charge is 0.466 e. The number of hydrogen-bond donors (Lipinski definition) is 5. The van der Waals surface area contributed by atoms with Crippen molar-refractivity contribution < 1.29 is 42.4 Å². The molecule has 0 amide bonds. The number of nitrogens with zero attached hydrogens (tertiary/aromatic N) is 1. The summed E-state index contributed by atoms with van der Waals surface area (Å²) in [5.74, 6) is 0. The molecule has 166 valence electrons. The maximum Gasteiger partial charge on any atom is 0.466 e. The summed E-state index contributed by atoms with van der Waals surface area (Å²) in [6.07, 6.45) is 1.84. The lowest BCUT2D eigenvalue weighted by atomic mass is 10.0. The van der Waals surface area contributed by atoms with Crippen molar-refractivity contribution in [3.8, 4) is 0 Å². The lowest BCUT2D eigenvalue weighted by molar-refractivity contribution is -0.205. The van der Waals surface area contributed by atoms with Gasteiger partial charge in [0.2, 0.25) is 0 Å². The molecule has 28 heavy (non-hydrogen) atoms. The molecule has 0 aromatic rings. The van der Waals surface area contributed by atoms with Gasteiger partial charge in [0.1, 0.15) is 34.9 Å². The van der Waals surface area contributed by atoms with Crippen molar-refractivity contribution in [3.05, 3.63) is 0 Å². The van der Waals surface area contributed by atoms with Crippen molar-refractivity contribution in [2.45, 2.75) is 88.1 Å². The molecule has 1 fully saturated rings. The summed E-state index contributed by atoms with van der Waals surface area (Å²) in [5.41, 5.74) is -1.11. The molecule has 0 aliphatic carbocycles. The summed E-state index contributed by atoms with van der Waals surface area (Å²) >= 11 is 0.806. The van der Waals surface area contributed by atoms with Crippen molar-refractivity contribution in [2.75, 3.05) is 6.61 Å².